The molecule has 3 N–H and O–H groups in total. The maximum absolute atomic E-state index is 9.30. The molecular formula is C16H21O3P. The lowest BCUT2D eigenvalue weighted by atomic mass is 9.78. The first-order valence-electron chi connectivity index (χ1n) is 6.31. The fourth-order valence-electron chi connectivity index (χ4n) is 1.92. The van der Waals surface area contributed by atoms with Gasteiger partial charge in [-0.1, -0.05) is 38.1 Å². The van der Waals surface area contributed by atoms with Crippen molar-refractivity contribution in [2.75, 3.05) is 6.35 Å². The zero-order chi connectivity index (χ0) is 15.2. The van der Waals surface area contributed by atoms with Crippen molar-refractivity contribution in [3.63, 3.8) is 0 Å². The molecule has 0 heterocycles. The first kappa shape index (κ1) is 16.5. The molecule has 0 saturated carbocycles. The number of hydrogen-bond donors (Lipinski definition) is 3. The molecule has 0 bridgehead atoms. The Morgan fingerprint density at radius 3 is 1.30 bits per heavy atom. The van der Waals surface area contributed by atoms with E-state index in [1.807, 2.05) is 24.3 Å². The highest BCUT2D eigenvalue weighted by Crippen LogP contribution is 2.32. The van der Waals surface area contributed by atoms with Crippen LogP contribution in [-0.4, -0.2) is 21.7 Å². The monoisotopic (exact) mass is 292 g/mol. The van der Waals surface area contributed by atoms with Crippen molar-refractivity contribution in [2.24, 2.45) is 0 Å². The Bertz CT molecular complexity index is 471. The van der Waals surface area contributed by atoms with Crippen LogP contribution in [-0.2, 0) is 5.41 Å². The van der Waals surface area contributed by atoms with Crippen LogP contribution in [0.2, 0.25) is 0 Å². The van der Waals surface area contributed by atoms with Crippen molar-refractivity contribution >= 4 is 9.24 Å². The second-order valence-corrected chi connectivity index (χ2v) is 5.27. The summed E-state index contributed by atoms with van der Waals surface area (Å²) in [5.74, 6) is 0.547. The topological polar surface area (TPSA) is 60.7 Å². The van der Waals surface area contributed by atoms with E-state index in [4.69, 9.17) is 5.11 Å². The third-order valence-electron chi connectivity index (χ3n) is 3.18. The number of phenolic OH excluding ortho intramolecular Hbond substituents is 2. The van der Waals surface area contributed by atoms with E-state index >= 15 is 0 Å². The van der Waals surface area contributed by atoms with Crippen LogP contribution in [0.1, 0.15) is 25.0 Å². The lowest BCUT2D eigenvalue weighted by molar-refractivity contribution is 0.375. The van der Waals surface area contributed by atoms with Crippen LogP contribution in [0.3, 0.4) is 0 Å². The van der Waals surface area contributed by atoms with Crippen LogP contribution in [0.25, 0.3) is 0 Å². The molecule has 20 heavy (non-hydrogen) atoms. The Balaban J connectivity index is 0.000000612. The van der Waals surface area contributed by atoms with E-state index in [1.165, 1.54) is 0 Å². The number of aliphatic hydroxyl groups excluding tert-OH is 1. The Morgan fingerprint density at radius 1 is 0.800 bits per heavy atom. The minimum Gasteiger partial charge on any atom is -0.508 e. The number of aliphatic hydroxyl groups is 1. The first-order chi connectivity index (χ1) is 9.41. The summed E-state index contributed by atoms with van der Waals surface area (Å²) < 4.78 is 0. The molecule has 4 heteroatoms. The van der Waals surface area contributed by atoms with Gasteiger partial charge in [0.05, 0.1) is 6.35 Å². The number of aromatic hydroxyl groups is 2. The summed E-state index contributed by atoms with van der Waals surface area (Å²) in [4.78, 5) is 0. The molecule has 0 aliphatic carbocycles. The molecule has 108 valence electrons. The largest absolute Gasteiger partial charge is 0.508 e. The summed E-state index contributed by atoms with van der Waals surface area (Å²) in [7, 11) is 2.13. The van der Waals surface area contributed by atoms with Crippen molar-refractivity contribution in [3.8, 4) is 11.5 Å². The van der Waals surface area contributed by atoms with Gasteiger partial charge in [0.15, 0.2) is 0 Å². The van der Waals surface area contributed by atoms with Gasteiger partial charge in [0.25, 0.3) is 0 Å². The predicted molar refractivity (Wildman–Crippen MR) is 85.1 cm³/mol. The maximum atomic E-state index is 9.30. The van der Waals surface area contributed by atoms with Crippen LogP contribution < -0.4 is 0 Å². The minimum absolute atomic E-state index is 0.151. The Hall–Kier alpha value is -1.57. The van der Waals surface area contributed by atoms with Crippen molar-refractivity contribution < 1.29 is 15.3 Å². The van der Waals surface area contributed by atoms with Crippen molar-refractivity contribution in [2.45, 2.75) is 19.3 Å². The van der Waals surface area contributed by atoms with Crippen LogP contribution in [0.4, 0.5) is 0 Å². The number of phenols is 2. The molecule has 0 amide bonds. The van der Waals surface area contributed by atoms with Gasteiger partial charge >= 0.3 is 0 Å². The smallest absolute Gasteiger partial charge is 0.115 e. The standard InChI is InChI=1S/C15H16O2.CH5OP/c1-15(2,11-3-7-13(16)8-4-11)12-5-9-14(17)10-6-12;2-1-3/h3-10,16-17H,1-2H3;2H,1,3H2. The van der Waals surface area contributed by atoms with E-state index < -0.39 is 0 Å². The zero-order valence-corrected chi connectivity index (χ0v) is 12.9. The molecule has 0 aliphatic rings. The normalized spacial score (nSPS) is 10.6. The molecule has 0 aliphatic heterocycles. The first-order valence-corrected chi connectivity index (χ1v) is 7.13. The van der Waals surface area contributed by atoms with Crippen LogP contribution in [0, 0.1) is 0 Å². The average Bonchev–Trinajstić information content (AvgIpc) is 2.40. The lowest BCUT2D eigenvalue weighted by Gasteiger charge is -2.26. The highest BCUT2D eigenvalue weighted by molar-refractivity contribution is 7.16. The second-order valence-electron chi connectivity index (χ2n) is 4.90. The maximum Gasteiger partial charge on any atom is 0.115 e. The molecular weight excluding hydrogens is 271 g/mol. The molecule has 1 unspecified atom stereocenters. The van der Waals surface area contributed by atoms with Gasteiger partial charge in [-0.25, -0.2) is 0 Å². The predicted octanol–water partition coefficient (Wildman–Crippen LogP) is 3.24. The minimum atomic E-state index is -0.151. The lowest BCUT2D eigenvalue weighted by Crippen LogP contribution is -2.18. The summed E-state index contributed by atoms with van der Waals surface area (Å²) in [6, 6.07) is 14.4. The summed E-state index contributed by atoms with van der Waals surface area (Å²) >= 11 is 0. The van der Waals surface area contributed by atoms with Crippen molar-refractivity contribution in [1.82, 2.24) is 0 Å². The van der Waals surface area contributed by atoms with Crippen molar-refractivity contribution in [3.05, 3.63) is 59.7 Å². The van der Waals surface area contributed by atoms with Crippen molar-refractivity contribution in [1.29, 1.82) is 0 Å². The molecule has 0 aromatic heterocycles. The molecule has 0 radical (unpaired) electrons. The van der Waals surface area contributed by atoms with Gasteiger partial charge in [0.2, 0.25) is 0 Å². The zero-order valence-electron chi connectivity index (χ0n) is 11.7. The fraction of sp³-hybridized carbons (Fsp3) is 0.250. The third kappa shape index (κ3) is 4.22. The van der Waals surface area contributed by atoms with Gasteiger partial charge < -0.3 is 15.3 Å². The van der Waals surface area contributed by atoms with Gasteiger partial charge in [0.1, 0.15) is 11.5 Å². The van der Waals surface area contributed by atoms with E-state index in [2.05, 4.69) is 23.1 Å². The summed E-state index contributed by atoms with van der Waals surface area (Å²) in [6.07, 6.45) is 0.167. The molecule has 0 spiro atoms. The molecule has 0 fully saturated rings. The molecule has 2 aromatic rings. The Labute approximate surface area is 122 Å². The van der Waals surface area contributed by atoms with Gasteiger partial charge in [-0.2, -0.15) is 0 Å². The summed E-state index contributed by atoms with van der Waals surface area (Å²) in [6.45, 7) is 4.23. The second kappa shape index (κ2) is 7.28. The highest BCUT2D eigenvalue weighted by atomic mass is 31.0. The number of rotatable bonds is 2. The molecule has 3 nitrogen and oxygen atoms in total. The van der Waals surface area contributed by atoms with Gasteiger partial charge in [-0.05, 0) is 35.4 Å². The SMILES string of the molecule is CC(C)(c1ccc(O)cc1)c1ccc(O)cc1.OCP. The van der Waals surface area contributed by atoms with E-state index in [-0.39, 0.29) is 23.3 Å². The Kier molecular flexibility index (Phi) is 6.00. The van der Waals surface area contributed by atoms with Crippen LogP contribution in [0.5, 0.6) is 11.5 Å². The number of hydrogen-bond acceptors (Lipinski definition) is 3. The van der Waals surface area contributed by atoms with E-state index in [9.17, 15) is 10.2 Å². The number of benzene rings is 2. The van der Waals surface area contributed by atoms with Gasteiger partial charge in [-0.3, -0.25) is 0 Å². The molecule has 2 aromatic carbocycles. The fourth-order valence-corrected chi connectivity index (χ4v) is 1.92. The Morgan fingerprint density at radius 2 is 1.05 bits per heavy atom. The van der Waals surface area contributed by atoms with Crippen LogP contribution >= 0.6 is 9.24 Å². The van der Waals surface area contributed by atoms with E-state index in [1.54, 1.807) is 24.3 Å². The van der Waals surface area contributed by atoms with Gasteiger partial charge in [0, 0.05) is 5.41 Å². The van der Waals surface area contributed by atoms with Gasteiger partial charge in [-0.15, -0.1) is 9.24 Å². The molecule has 0 saturated heterocycles. The third-order valence-corrected chi connectivity index (χ3v) is 3.18. The summed E-state index contributed by atoms with van der Waals surface area (Å²) in [5, 5.41) is 26.1. The highest BCUT2D eigenvalue weighted by Gasteiger charge is 2.22. The van der Waals surface area contributed by atoms with E-state index in [0.717, 1.165) is 11.1 Å². The van der Waals surface area contributed by atoms with E-state index in [0.29, 0.717) is 0 Å². The average molecular weight is 292 g/mol. The molecule has 2 rings (SSSR count). The quantitative estimate of drug-likeness (QED) is 0.745. The van der Waals surface area contributed by atoms with Crippen LogP contribution in [0.15, 0.2) is 48.5 Å². The molecule has 1 atom stereocenters. The summed E-state index contributed by atoms with van der Waals surface area (Å²) in [5.41, 5.74) is 2.10.